The second-order valence-corrected chi connectivity index (χ2v) is 9.37. The summed E-state index contributed by atoms with van der Waals surface area (Å²) in [5.41, 5.74) is 2.39. The van der Waals surface area contributed by atoms with E-state index in [1.165, 1.54) is 12.1 Å². The third kappa shape index (κ3) is 4.60. The van der Waals surface area contributed by atoms with E-state index in [1.807, 2.05) is 54.6 Å². The van der Waals surface area contributed by atoms with Crippen LogP contribution in [0.1, 0.15) is 11.1 Å². The van der Waals surface area contributed by atoms with Crippen molar-refractivity contribution in [3.05, 3.63) is 100 Å². The van der Waals surface area contributed by atoms with Crippen LogP contribution in [0.25, 0.3) is 10.9 Å². The van der Waals surface area contributed by atoms with Crippen molar-refractivity contribution in [2.45, 2.75) is 17.7 Å². The molecule has 1 atom stereocenters. The Morgan fingerprint density at radius 3 is 2.51 bits per heavy atom. The Labute approximate surface area is 204 Å². The van der Waals surface area contributed by atoms with Crippen LogP contribution in [0.15, 0.2) is 79.0 Å². The fourth-order valence-corrected chi connectivity index (χ4v) is 5.18. The van der Waals surface area contributed by atoms with Gasteiger partial charge in [0.05, 0.1) is 17.0 Å². The van der Waals surface area contributed by atoms with Crippen molar-refractivity contribution in [1.82, 2.24) is 15.1 Å². The first-order valence-corrected chi connectivity index (χ1v) is 11.7. The van der Waals surface area contributed by atoms with Gasteiger partial charge in [0.1, 0.15) is 17.1 Å². The van der Waals surface area contributed by atoms with Crippen molar-refractivity contribution in [2.24, 2.45) is 0 Å². The third-order valence-electron chi connectivity index (χ3n) is 5.80. The van der Waals surface area contributed by atoms with Crippen molar-refractivity contribution in [3.63, 3.8) is 0 Å². The number of nitro groups is 1. The standard InChI is InChI=1S/C25H20N4O5S/c30-23-25(35-24(31)26-23,19-4-2-1-3-5-19)15-17-6-9-21(10-7-17)34-13-12-28-16-18-14-20(29(32)33)8-11-22(18)27-28/h1-11,14,16H,12-13,15H2,(H,26,30,31). The van der Waals surface area contributed by atoms with E-state index in [9.17, 15) is 19.7 Å². The molecule has 0 saturated carbocycles. The molecule has 2 heterocycles. The number of aromatic nitrogens is 2. The van der Waals surface area contributed by atoms with Gasteiger partial charge in [-0.1, -0.05) is 42.5 Å². The maximum absolute atomic E-state index is 12.8. The van der Waals surface area contributed by atoms with Gasteiger partial charge in [-0.05, 0) is 41.1 Å². The van der Waals surface area contributed by atoms with E-state index in [0.29, 0.717) is 36.2 Å². The quantitative estimate of drug-likeness (QED) is 0.288. The summed E-state index contributed by atoms with van der Waals surface area (Å²) >= 11 is 1.01. The molecule has 4 aromatic rings. The predicted octanol–water partition coefficient (Wildman–Crippen LogP) is 4.44. The first kappa shape index (κ1) is 22.6. The Morgan fingerprint density at radius 1 is 1.06 bits per heavy atom. The van der Waals surface area contributed by atoms with Crippen molar-refractivity contribution in [1.29, 1.82) is 0 Å². The van der Waals surface area contributed by atoms with Crippen molar-refractivity contribution in [2.75, 3.05) is 6.61 Å². The Morgan fingerprint density at radius 2 is 1.83 bits per heavy atom. The second kappa shape index (κ2) is 9.22. The van der Waals surface area contributed by atoms with Crippen LogP contribution in [0.5, 0.6) is 5.75 Å². The number of non-ortho nitro benzene ring substituents is 1. The van der Waals surface area contributed by atoms with Crippen LogP contribution in [0.4, 0.5) is 10.5 Å². The highest BCUT2D eigenvalue weighted by Gasteiger charge is 2.49. The number of imide groups is 1. The Kier molecular flexibility index (Phi) is 5.96. The number of nitrogens with one attached hydrogen (secondary N) is 1. The molecule has 0 aliphatic carbocycles. The first-order valence-electron chi connectivity index (χ1n) is 10.9. The van der Waals surface area contributed by atoms with Gasteiger partial charge in [-0.15, -0.1) is 0 Å². The molecule has 1 fully saturated rings. The van der Waals surface area contributed by atoms with E-state index in [1.54, 1.807) is 16.9 Å². The van der Waals surface area contributed by atoms with E-state index >= 15 is 0 Å². The van der Waals surface area contributed by atoms with E-state index < -0.39 is 9.67 Å². The number of amides is 2. The molecule has 176 valence electrons. The van der Waals surface area contributed by atoms with Gasteiger partial charge in [0.25, 0.3) is 10.9 Å². The molecule has 1 unspecified atom stereocenters. The van der Waals surface area contributed by atoms with Crippen LogP contribution in [-0.2, 0) is 22.5 Å². The van der Waals surface area contributed by atoms with Crippen LogP contribution < -0.4 is 10.1 Å². The minimum Gasteiger partial charge on any atom is -0.492 e. The number of ether oxygens (including phenoxy) is 1. The number of carbonyl (C=O) groups is 2. The molecular weight excluding hydrogens is 468 g/mol. The largest absolute Gasteiger partial charge is 0.492 e. The number of thioether (sulfide) groups is 1. The lowest BCUT2D eigenvalue weighted by Crippen LogP contribution is -2.36. The molecule has 1 saturated heterocycles. The summed E-state index contributed by atoms with van der Waals surface area (Å²) in [4.78, 5) is 35.3. The van der Waals surface area contributed by atoms with Gasteiger partial charge in [-0.25, -0.2) is 0 Å². The van der Waals surface area contributed by atoms with E-state index in [-0.39, 0.29) is 16.8 Å². The summed E-state index contributed by atoms with van der Waals surface area (Å²) in [6, 6.07) is 21.3. The number of hydrogen-bond acceptors (Lipinski definition) is 7. The molecule has 1 aliphatic rings. The average Bonchev–Trinajstić information content (AvgIpc) is 3.39. The molecule has 9 nitrogen and oxygen atoms in total. The summed E-state index contributed by atoms with van der Waals surface area (Å²) in [7, 11) is 0. The summed E-state index contributed by atoms with van der Waals surface area (Å²) in [6.45, 7) is 0.830. The van der Waals surface area contributed by atoms with E-state index in [0.717, 1.165) is 22.9 Å². The number of carbonyl (C=O) groups excluding carboxylic acids is 2. The van der Waals surface area contributed by atoms with Gasteiger partial charge >= 0.3 is 0 Å². The highest BCUT2D eigenvalue weighted by molar-refractivity contribution is 8.15. The minimum atomic E-state index is -1.00. The molecular formula is C25H20N4O5S. The van der Waals surface area contributed by atoms with Crippen LogP contribution in [0.2, 0.25) is 0 Å². The Balaban J connectivity index is 1.24. The fraction of sp³-hybridized carbons (Fsp3) is 0.160. The van der Waals surface area contributed by atoms with Gasteiger partial charge in [-0.3, -0.25) is 29.7 Å². The molecule has 0 bridgehead atoms. The zero-order chi connectivity index (χ0) is 24.4. The number of fused-ring (bicyclic) bond motifs is 1. The second-order valence-electron chi connectivity index (χ2n) is 8.10. The average molecular weight is 489 g/mol. The summed E-state index contributed by atoms with van der Waals surface area (Å²) in [5.74, 6) is 0.352. The minimum absolute atomic E-state index is 0.0280. The van der Waals surface area contributed by atoms with Gasteiger partial charge in [-0.2, -0.15) is 5.10 Å². The molecule has 0 spiro atoms. The lowest BCUT2D eigenvalue weighted by atomic mass is 9.90. The SMILES string of the molecule is O=C1NC(=O)C(Cc2ccc(OCCn3cc4cc([N+](=O)[O-])ccc4n3)cc2)(c2ccccc2)S1. The molecule has 5 rings (SSSR count). The maximum Gasteiger partial charge on any atom is 0.287 e. The normalized spacial score (nSPS) is 17.5. The van der Waals surface area contributed by atoms with Crippen LogP contribution in [0, 0.1) is 10.1 Å². The highest BCUT2D eigenvalue weighted by Crippen LogP contribution is 2.44. The predicted molar refractivity (Wildman–Crippen MR) is 131 cm³/mol. The maximum atomic E-state index is 12.8. The van der Waals surface area contributed by atoms with E-state index in [2.05, 4.69) is 10.4 Å². The van der Waals surface area contributed by atoms with E-state index in [4.69, 9.17) is 4.74 Å². The summed E-state index contributed by atoms with van der Waals surface area (Å²) in [6.07, 6.45) is 2.12. The lowest BCUT2D eigenvalue weighted by molar-refractivity contribution is -0.384. The van der Waals surface area contributed by atoms with Gasteiger partial charge in [0, 0.05) is 30.1 Å². The molecule has 3 aromatic carbocycles. The molecule has 35 heavy (non-hydrogen) atoms. The molecule has 1 N–H and O–H groups in total. The zero-order valence-electron chi connectivity index (χ0n) is 18.4. The van der Waals surface area contributed by atoms with Crippen molar-refractivity contribution in [3.8, 4) is 5.75 Å². The van der Waals surface area contributed by atoms with Gasteiger partial charge in [0.2, 0.25) is 5.91 Å². The van der Waals surface area contributed by atoms with Gasteiger partial charge in [0.15, 0.2) is 0 Å². The van der Waals surface area contributed by atoms with Crippen molar-refractivity contribution < 1.29 is 19.2 Å². The topological polar surface area (TPSA) is 116 Å². The number of rotatable bonds is 8. The first-order chi connectivity index (χ1) is 16.9. The van der Waals surface area contributed by atoms with Crippen LogP contribution in [0.3, 0.4) is 0 Å². The van der Waals surface area contributed by atoms with Crippen molar-refractivity contribution >= 4 is 39.5 Å². The Bertz CT molecular complexity index is 1420. The monoisotopic (exact) mass is 488 g/mol. The molecule has 10 heteroatoms. The molecule has 2 amide bonds. The number of nitro benzene ring substituents is 1. The lowest BCUT2D eigenvalue weighted by Gasteiger charge is -2.25. The zero-order valence-corrected chi connectivity index (χ0v) is 19.2. The summed E-state index contributed by atoms with van der Waals surface area (Å²) < 4.78 is 6.52. The molecule has 1 aromatic heterocycles. The molecule has 1 aliphatic heterocycles. The Hall–Kier alpha value is -4.18. The third-order valence-corrected chi connectivity index (χ3v) is 7.00. The highest BCUT2D eigenvalue weighted by atomic mass is 32.2. The van der Waals surface area contributed by atoms with Crippen LogP contribution >= 0.6 is 11.8 Å². The number of nitrogens with zero attached hydrogens (tertiary/aromatic N) is 3. The van der Waals surface area contributed by atoms with Crippen LogP contribution in [-0.4, -0.2) is 32.5 Å². The number of benzene rings is 3. The fourth-order valence-electron chi connectivity index (χ4n) is 4.08. The number of hydrogen-bond donors (Lipinski definition) is 1. The van der Waals surface area contributed by atoms with Gasteiger partial charge < -0.3 is 4.74 Å². The molecule has 0 radical (unpaired) electrons. The summed E-state index contributed by atoms with van der Waals surface area (Å²) in [5, 5.41) is 18.1. The smallest absolute Gasteiger partial charge is 0.287 e.